The zero-order chi connectivity index (χ0) is 19.3. The first-order valence-corrected chi connectivity index (χ1v) is 9.46. The van der Waals surface area contributed by atoms with E-state index in [1.165, 1.54) is 18.3 Å². The number of fused-ring (bicyclic) bond motifs is 3. The predicted molar refractivity (Wildman–Crippen MR) is 101 cm³/mol. The molecule has 1 aliphatic carbocycles. The van der Waals surface area contributed by atoms with Crippen molar-refractivity contribution in [2.75, 3.05) is 5.32 Å². The Morgan fingerprint density at radius 1 is 1.25 bits per heavy atom. The van der Waals surface area contributed by atoms with E-state index in [4.69, 9.17) is 4.74 Å². The number of anilines is 1. The Morgan fingerprint density at radius 2 is 2.14 bits per heavy atom. The van der Waals surface area contributed by atoms with Gasteiger partial charge in [-0.05, 0) is 50.5 Å². The number of hydrogen-bond acceptors (Lipinski definition) is 5. The minimum absolute atomic E-state index is 0.118. The smallest absolute Gasteiger partial charge is 0.257 e. The summed E-state index contributed by atoms with van der Waals surface area (Å²) in [6.45, 7) is 1.93. The molecule has 0 radical (unpaired) electrons. The van der Waals surface area contributed by atoms with E-state index in [1.807, 2.05) is 6.92 Å². The molecule has 0 saturated heterocycles. The molecule has 1 aromatic carbocycles. The van der Waals surface area contributed by atoms with E-state index >= 15 is 0 Å². The van der Waals surface area contributed by atoms with E-state index in [0.717, 1.165) is 19.3 Å². The molecule has 1 amide bonds. The maximum atomic E-state index is 14.0. The van der Waals surface area contributed by atoms with Gasteiger partial charge in [0.25, 0.3) is 5.91 Å². The summed E-state index contributed by atoms with van der Waals surface area (Å²) in [6.07, 6.45) is 5.73. The van der Waals surface area contributed by atoms with Crippen LogP contribution in [-0.2, 0) is 0 Å². The van der Waals surface area contributed by atoms with Crippen molar-refractivity contribution in [1.82, 2.24) is 19.9 Å². The molecule has 1 aliphatic heterocycles. The molecule has 28 heavy (non-hydrogen) atoms. The van der Waals surface area contributed by atoms with Crippen molar-refractivity contribution in [2.24, 2.45) is 0 Å². The molecule has 3 atom stereocenters. The fraction of sp³-hybridized carbons (Fsp3) is 0.350. The van der Waals surface area contributed by atoms with E-state index < -0.39 is 0 Å². The highest BCUT2D eigenvalue weighted by Gasteiger charge is 2.32. The van der Waals surface area contributed by atoms with Gasteiger partial charge < -0.3 is 15.4 Å². The number of hydrogen-bond donors (Lipinski definition) is 2. The van der Waals surface area contributed by atoms with Gasteiger partial charge in [0, 0.05) is 11.8 Å². The first-order valence-electron chi connectivity index (χ1n) is 9.46. The normalized spacial score (nSPS) is 24.2. The van der Waals surface area contributed by atoms with Crippen LogP contribution < -0.4 is 15.4 Å². The molecule has 1 fully saturated rings. The largest absolute Gasteiger partial charge is 0.488 e. The van der Waals surface area contributed by atoms with Gasteiger partial charge >= 0.3 is 0 Å². The number of carbonyl (C=O) groups excluding carboxylic acids is 1. The van der Waals surface area contributed by atoms with Crippen molar-refractivity contribution in [3.05, 3.63) is 53.6 Å². The van der Waals surface area contributed by atoms with Crippen LogP contribution in [-0.4, -0.2) is 32.7 Å². The maximum Gasteiger partial charge on any atom is 0.257 e. The fourth-order valence-electron chi connectivity index (χ4n) is 4.02. The standard InChI is InChI=1S/C20H20FN5O2/c1-11-13-9-12(21)5-6-16(13)28-17-4-2-3-15(17)24-20(27)14-10-22-26-8-7-18(23-11)25-19(14)26/h5-11,15,17H,2-4H2,1H3,(H,23,25)(H,24,27)/t11-,15+,17?/m1/s1. The van der Waals surface area contributed by atoms with E-state index in [2.05, 4.69) is 20.7 Å². The van der Waals surface area contributed by atoms with Crippen LogP contribution in [0.15, 0.2) is 36.7 Å². The molecule has 3 aromatic rings. The van der Waals surface area contributed by atoms with Crippen molar-refractivity contribution in [3.8, 4) is 5.75 Å². The van der Waals surface area contributed by atoms with Crippen molar-refractivity contribution in [2.45, 2.75) is 44.4 Å². The van der Waals surface area contributed by atoms with Crippen LogP contribution in [0.1, 0.15) is 48.1 Å². The van der Waals surface area contributed by atoms with Gasteiger partial charge in [-0.1, -0.05) is 0 Å². The fourth-order valence-corrected chi connectivity index (χ4v) is 4.02. The molecule has 2 aromatic heterocycles. The molecular weight excluding hydrogens is 361 g/mol. The number of carbonyl (C=O) groups is 1. The zero-order valence-corrected chi connectivity index (χ0v) is 15.4. The van der Waals surface area contributed by atoms with Crippen LogP contribution in [0.3, 0.4) is 0 Å². The molecule has 144 valence electrons. The number of rotatable bonds is 0. The molecule has 1 unspecified atom stereocenters. The summed E-state index contributed by atoms with van der Waals surface area (Å²) < 4.78 is 21.8. The van der Waals surface area contributed by atoms with Crippen LogP contribution in [0.5, 0.6) is 5.75 Å². The second kappa shape index (κ2) is 6.47. The Bertz CT molecular complexity index is 1070. The quantitative estimate of drug-likeness (QED) is 0.626. The number of benzene rings is 1. The van der Waals surface area contributed by atoms with E-state index in [0.29, 0.717) is 28.3 Å². The number of halogens is 1. The van der Waals surface area contributed by atoms with Crippen LogP contribution in [0.2, 0.25) is 0 Å². The number of aromatic nitrogens is 3. The summed E-state index contributed by atoms with van der Waals surface area (Å²) in [5.41, 5.74) is 1.61. The zero-order valence-electron chi connectivity index (χ0n) is 15.4. The number of amides is 1. The molecule has 0 spiro atoms. The van der Waals surface area contributed by atoms with Gasteiger partial charge in [-0.3, -0.25) is 4.79 Å². The van der Waals surface area contributed by atoms with Crippen LogP contribution in [0, 0.1) is 5.82 Å². The van der Waals surface area contributed by atoms with Gasteiger partial charge in [0.15, 0.2) is 5.65 Å². The highest BCUT2D eigenvalue weighted by atomic mass is 19.1. The summed E-state index contributed by atoms with van der Waals surface area (Å²) in [6, 6.07) is 5.95. The second-order valence-corrected chi connectivity index (χ2v) is 7.35. The maximum absolute atomic E-state index is 14.0. The molecular formula is C20H20FN5O2. The topological polar surface area (TPSA) is 80.5 Å². The molecule has 8 heteroatoms. The second-order valence-electron chi connectivity index (χ2n) is 7.35. The molecule has 2 N–H and O–H groups in total. The molecule has 3 heterocycles. The minimum atomic E-state index is -0.321. The Hall–Kier alpha value is -3.16. The number of nitrogens with zero attached hydrogens (tertiary/aromatic N) is 3. The van der Waals surface area contributed by atoms with Gasteiger partial charge in [0.05, 0.1) is 18.3 Å². The first-order chi connectivity index (χ1) is 13.6. The van der Waals surface area contributed by atoms with E-state index in [9.17, 15) is 9.18 Å². The summed E-state index contributed by atoms with van der Waals surface area (Å²) in [4.78, 5) is 17.4. The average Bonchev–Trinajstić information content (AvgIpc) is 3.29. The number of ether oxygens (including phenoxy) is 1. The predicted octanol–water partition coefficient (Wildman–Crippen LogP) is 3.08. The van der Waals surface area contributed by atoms with Gasteiger partial charge in [-0.25, -0.2) is 13.9 Å². The lowest BCUT2D eigenvalue weighted by atomic mass is 10.1. The van der Waals surface area contributed by atoms with Gasteiger partial charge in [-0.2, -0.15) is 5.10 Å². The molecule has 5 rings (SSSR count). The Kier molecular flexibility index (Phi) is 3.92. The third kappa shape index (κ3) is 2.85. The average molecular weight is 381 g/mol. The van der Waals surface area contributed by atoms with Gasteiger partial charge in [0.1, 0.15) is 29.1 Å². The number of nitrogens with one attached hydrogen (secondary N) is 2. The molecule has 1 saturated carbocycles. The Morgan fingerprint density at radius 3 is 3.04 bits per heavy atom. The SMILES string of the molecule is C[C@H]1Nc2ccn3ncc(c3n2)C(=O)N[C@H]2CCCC2Oc2ccc(F)cc21. The van der Waals surface area contributed by atoms with Gasteiger partial charge in [-0.15, -0.1) is 0 Å². The minimum Gasteiger partial charge on any atom is -0.488 e. The summed E-state index contributed by atoms with van der Waals surface area (Å²) in [5, 5.41) is 10.6. The van der Waals surface area contributed by atoms with Crippen molar-refractivity contribution in [1.29, 1.82) is 0 Å². The van der Waals surface area contributed by atoms with Gasteiger partial charge in [0.2, 0.25) is 0 Å². The summed E-state index contributed by atoms with van der Waals surface area (Å²) in [5.74, 6) is 0.657. The highest BCUT2D eigenvalue weighted by molar-refractivity contribution is 6.00. The monoisotopic (exact) mass is 381 g/mol. The van der Waals surface area contributed by atoms with Crippen molar-refractivity contribution in [3.63, 3.8) is 0 Å². The van der Waals surface area contributed by atoms with Crippen LogP contribution in [0.4, 0.5) is 10.2 Å². The third-order valence-electron chi connectivity index (χ3n) is 5.46. The molecule has 2 bridgehead atoms. The van der Waals surface area contributed by atoms with E-state index in [1.54, 1.807) is 22.8 Å². The summed E-state index contributed by atoms with van der Waals surface area (Å²) >= 11 is 0. The lowest BCUT2D eigenvalue weighted by molar-refractivity contribution is 0.0894. The highest BCUT2D eigenvalue weighted by Crippen LogP contribution is 2.33. The van der Waals surface area contributed by atoms with E-state index in [-0.39, 0.29) is 29.9 Å². The first kappa shape index (κ1) is 17.0. The van der Waals surface area contributed by atoms with Crippen molar-refractivity contribution < 1.29 is 13.9 Å². The molecule has 7 nitrogen and oxygen atoms in total. The van der Waals surface area contributed by atoms with Crippen LogP contribution >= 0.6 is 0 Å². The lowest BCUT2D eigenvalue weighted by Gasteiger charge is -2.25. The van der Waals surface area contributed by atoms with Crippen LogP contribution in [0.25, 0.3) is 5.65 Å². The third-order valence-corrected chi connectivity index (χ3v) is 5.46. The lowest BCUT2D eigenvalue weighted by Crippen LogP contribution is -2.42. The Balaban J connectivity index is 1.64. The summed E-state index contributed by atoms with van der Waals surface area (Å²) in [7, 11) is 0. The Labute approximate surface area is 160 Å². The molecule has 2 aliphatic rings. The van der Waals surface area contributed by atoms with Crippen molar-refractivity contribution >= 4 is 17.4 Å².